The summed E-state index contributed by atoms with van der Waals surface area (Å²) in [4.78, 5) is 7.65. The average Bonchev–Trinajstić information content (AvgIpc) is 2.71. The summed E-state index contributed by atoms with van der Waals surface area (Å²) < 4.78 is 87.6. The van der Waals surface area contributed by atoms with Crippen LogP contribution in [0.3, 0.4) is 0 Å². The van der Waals surface area contributed by atoms with Crippen LogP contribution in [0.25, 0.3) is 11.1 Å². The molecule has 0 radical (unpaired) electrons. The van der Waals surface area contributed by atoms with E-state index in [4.69, 9.17) is 0 Å². The van der Waals surface area contributed by atoms with Crippen LogP contribution < -0.4 is 4.74 Å². The van der Waals surface area contributed by atoms with Crippen molar-refractivity contribution in [2.24, 2.45) is 5.41 Å². The Morgan fingerprint density at radius 3 is 1.94 bits per heavy atom. The summed E-state index contributed by atoms with van der Waals surface area (Å²) >= 11 is 0. The predicted octanol–water partition coefficient (Wildman–Crippen LogP) is 6.58. The van der Waals surface area contributed by atoms with E-state index in [9.17, 15) is 31.4 Å². The van der Waals surface area contributed by atoms with Crippen LogP contribution >= 0.6 is 0 Å². The number of alkyl halides is 5. The molecule has 0 saturated carbocycles. The number of nitrogens with zero attached hydrogens (tertiary/aromatic N) is 2. The third-order valence-electron chi connectivity index (χ3n) is 5.33. The Hall–Kier alpha value is -3.14. The molecule has 0 spiro atoms. The third kappa shape index (κ3) is 5.01. The molecule has 2 aromatic carbocycles. The molecule has 0 fully saturated rings. The Balaban J connectivity index is 2.21. The molecule has 1 atom stereocenters. The largest absolute Gasteiger partial charge is 0.433 e. The molecule has 0 amide bonds. The number of benzene rings is 2. The lowest BCUT2D eigenvalue weighted by Gasteiger charge is -2.42. The Morgan fingerprint density at radius 2 is 1.44 bits per heavy atom. The van der Waals surface area contributed by atoms with E-state index < -0.39 is 46.0 Å². The molecule has 182 valence electrons. The summed E-state index contributed by atoms with van der Waals surface area (Å²) in [6, 6.07) is 5.75. The van der Waals surface area contributed by atoms with Crippen LogP contribution in [0, 0.1) is 11.2 Å². The summed E-state index contributed by atoms with van der Waals surface area (Å²) in [5.41, 5.74) is -5.30. The minimum Gasteiger partial charge on any atom is -0.433 e. The first kappa shape index (κ1) is 25.5. The minimum absolute atomic E-state index is 0.0499. The summed E-state index contributed by atoms with van der Waals surface area (Å²) in [5.74, 6) is -1.53. The molecule has 0 aliphatic rings. The Morgan fingerprint density at radius 1 is 0.824 bits per heavy atom. The molecule has 1 aromatic heterocycles. The van der Waals surface area contributed by atoms with Crippen LogP contribution in [0.4, 0.5) is 26.3 Å². The first-order chi connectivity index (χ1) is 15.5. The first-order valence-electron chi connectivity index (χ1n) is 10.1. The molecule has 0 aliphatic carbocycles. The van der Waals surface area contributed by atoms with Gasteiger partial charge in [0.05, 0.1) is 5.56 Å². The average molecular weight is 484 g/mol. The van der Waals surface area contributed by atoms with Crippen molar-refractivity contribution in [1.29, 1.82) is 0 Å². The van der Waals surface area contributed by atoms with Crippen LogP contribution in [0.2, 0.25) is 0 Å². The van der Waals surface area contributed by atoms with E-state index in [-0.39, 0.29) is 16.7 Å². The van der Waals surface area contributed by atoms with Crippen LogP contribution in [-0.4, -0.2) is 21.2 Å². The highest BCUT2D eigenvalue weighted by atomic mass is 19.4. The van der Waals surface area contributed by atoms with Crippen LogP contribution in [0.5, 0.6) is 5.75 Å². The molecule has 0 bridgehead atoms. The second-order valence-electron chi connectivity index (χ2n) is 8.90. The van der Waals surface area contributed by atoms with Crippen molar-refractivity contribution in [3.8, 4) is 16.9 Å². The maximum atomic E-state index is 14.7. The van der Waals surface area contributed by atoms with Gasteiger partial charge in [0.1, 0.15) is 23.5 Å². The number of hydrogen-bond acceptors (Lipinski definition) is 4. The number of hydrogen-bond donors (Lipinski definition) is 1. The van der Waals surface area contributed by atoms with Gasteiger partial charge in [-0.25, -0.2) is 14.4 Å². The van der Waals surface area contributed by atoms with E-state index in [2.05, 4.69) is 14.7 Å². The topological polar surface area (TPSA) is 55.2 Å². The van der Waals surface area contributed by atoms with Crippen LogP contribution in [0.1, 0.15) is 44.4 Å². The quantitative estimate of drug-likeness (QED) is 0.416. The van der Waals surface area contributed by atoms with Crippen molar-refractivity contribution in [3.63, 3.8) is 0 Å². The standard InChI is InChI=1S/C24H22F6N2O2/c1-21(2,3)23(33,15-11-31-13-32-12-15)18-8-5-14(9-19(18)24(28,29)30)17-7-6-16(10-20(17)25)34-22(4,26)27/h5-13,33H,1-4H3. The van der Waals surface area contributed by atoms with E-state index in [0.29, 0.717) is 19.1 Å². The number of halogens is 6. The molecule has 3 rings (SSSR count). The zero-order valence-corrected chi connectivity index (χ0v) is 18.7. The maximum Gasteiger partial charge on any atom is 0.416 e. The highest BCUT2D eigenvalue weighted by Gasteiger charge is 2.49. The fraction of sp³-hybridized carbons (Fsp3) is 0.333. The third-order valence-corrected chi connectivity index (χ3v) is 5.33. The summed E-state index contributed by atoms with van der Waals surface area (Å²) in [6.07, 6.45) is -4.82. The van der Waals surface area contributed by atoms with Gasteiger partial charge in [-0.15, -0.1) is 0 Å². The molecule has 4 nitrogen and oxygen atoms in total. The van der Waals surface area contributed by atoms with Crippen molar-refractivity contribution >= 4 is 0 Å². The van der Waals surface area contributed by atoms with Gasteiger partial charge < -0.3 is 9.84 Å². The molecule has 0 aliphatic heterocycles. The van der Waals surface area contributed by atoms with E-state index in [1.165, 1.54) is 24.8 Å². The molecule has 1 N–H and O–H groups in total. The fourth-order valence-electron chi connectivity index (χ4n) is 3.74. The minimum atomic E-state index is -4.91. The number of aromatic nitrogens is 2. The van der Waals surface area contributed by atoms with Gasteiger partial charge in [0.2, 0.25) is 0 Å². The van der Waals surface area contributed by atoms with Crippen molar-refractivity contribution in [2.45, 2.75) is 45.6 Å². The van der Waals surface area contributed by atoms with Gasteiger partial charge in [0.25, 0.3) is 0 Å². The van der Waals surface area contributed by atoms with Crippen molar-refractivity contribution in [1.82, 2.24) is 9.97 Å². The molecule has 10 heteroatoms. The number of rotatable bonds is 5. The fourth-order valence-corrected chi connectivity index (χ4v) is 3.74. The van der Waals surface area contributed by atoms with Gasteiger partial charge >= 0.3 is 12.3 Å². The molecule has 0 saturated heterocycles. The van der Waals surface area contributed by atoms with E-state index in [1.807, 2.05) is 0 Å². The van der Waals surface area contributed by atoms with Gasteiger partial charge in [-0.3, -0.25) is 0 Å². The lowest BCUT2D eigenvalue weighted by molar-refractivity contribution is -0.159. The normalized spacial score (nSPS) is 14.6. The van der Waals surface area contributed by atoms with Gasteiger partial charge in [-0.05, 0) is 29.2 Å². The molecule has 1 heterocycles. The molecule has 3 aromatic rings. The summed E-state index contributed by atoms with van der Waals surface area (Å²) in [7, 11) is 0. The van der Waals surface area contributed by atoms with Crippen LogP contribution in [-0.2, 0) is 11.8 Å². The second-order valence-corrected chi connectivity index (χ2v) is 8.90. The number of aliphatic hydroxyl groups is 1. The van der Waals surface area contributed by atoms with Gasteiger partial charge in [-0.2, -0.15) is 22.0 Å². The molecule has 34 heavy (non-hydrogen) atoms. The SMILES string of the molecule is CC(F)(F)Oc1ccc(-c2ccc(C(O)(c3cncnc3)C(C)(C)C)c(C(F)(F)F)c2)c(F)c1. The van der Waals surface area contributed by atoms with Gasteiger partial charge in [0.15, 0.2) is 0 Å². The van der Waals surface area contributed by atoms with Gasteiger partial charge in [-0.1, -0.05) is 32.9 Å². The van der Waals surface area contributed by atoms with Crippen molar-refractivity contribution in [2.75, 3.05) is 0 Å². The zero-order valence-electron chi connectivity index (χ0n) is 18.7. The maximum absolute atomic E-state index is 14.7. The predicted molar refractivity (Wildman–Crippen MR) is 113 cm³/mol. The van der Waals surface area contributed by atoms with Crippen molar-refractivity contribution in [3.05, 3.63) is 77.6 Å². The molecular weight excluding hydrogens is 462 g/mol. The van der Waals surface area contributed by atoms with E-state index in [0.717, 1.165) is 18.2 Å². The van der Waals surface area contributed by atoms with Gasteiger partial charge in [0, 0.05) is 42.1 Å². The monoisotopic (exact) mass is 484 g/mol. The lowest BCUT2D eigenvalue weighted by Crippen LogP contribution is -2.42. The smallest absolute Gasteiger partial charge is 0.416 e. The summed E-state index contributed by atoms with van der Waals surface area (Å²) in [5, 5.41) is 11.7. The Labute approximate surface area is 192 Å². The summed E-state index contributed by atoms with van der Waals surface area (Å²) in [6.45, 7) is 5.17. The Kier molecular flexibility index (Phi) is 6.43. The lowest BCUT2D eigenvalue weighted by atomic mass is 9.67. The molecule has 1 unspecified atom stereocenters. The highest BCUT2D eigenvalue weighted by molar-refractivity contribution is 5.67. The second kappa shape index (κ2) is 8.57. The van der Waals surface area contributed by atoms with Crippen molar-refractivity contribution < 1.29 is 36.2 Å². The zero-order chi connectivity index (χ0) is 25.5. The van der Waals surface area contributed by atoms with E-state index >= 15 is 0 Å². The molecular formula is C24H22F6N2O2. The first-order valence-corrected chi connectivity index (χ1v) is 10.1. The highest BCUT2D eigenvalue weighted by Crippen LogP contribution is 2.49. The van der Waals surface area contributed by atoms with Crippen LogP contribution in [0.15, 0.2) is 55.1 Å². The number of ether oxygens (including phenoxy) is 1. The Bertz CT molecular complexity index is 1170. The van der Waals surface area contributed by atoms with E-state index in [1.54, 1.807) is 20.8 Å².